The van der Waals surface area contributed by atoms with Gasteiger partial charge in [-0.25, -0.2) is 9.18 Å². The van der Waals surface area contributed by atoms with Gasteiger partial charge in [0.1, 0.15) is 10.7 Å². The third kappa shape index (κ3) is 3.81. The number of carbonyl (C=O) groups excluding carboxylic acids is 3. The van der Waals surface area contributed by atoms with E-state index < -0.39 is 18.4 Å². The van der Waals surface area contributed by atoms with Gasteiger partial charge in [-0.15, -0.1) is 11.3 Å². The number of nitrogens with zero attached hydrogens (tertiary/aromatic N) is 1. The molecule has 3 rings (SSSR count). The fourth-order valence-corrected chi connectivity index (χ4v) is 4.29. The van der Waals surface area contributed by atoms with E-state index >= 15 is 0 Å². The minimum Gasteiger partial charge on any atom is -0.451 e. The van der Waals surface area contributed by atoms with Gasteiger partial charge in [0, 0.05) is 29.1 Å². The van der Waals surface area contributed by atoms with Crippen LogP contribution < -0.4 is 5.73 Å². The predicted octanol–water partition coefficient (Wildman–Crippen LogP) is 2.57. The Hall–Kier alpha value is -2.19. The molecular formula is C17H16ClFN2O4S. The van der Waals surface area contributed by atoms with Crippen molar-refractivity contribution < 1.29 is 23.5 Å². The van der Waals surface area contributed by atoms with E-state index in [0.717, 1.165) is 11.3 Å². The Labute approximate surface area is 157 Å². The standard InChI is InChI=1S/C17H16ClFN2O4S/c18-14-11-2-1-10(19)7-12(11)26-15(14)17(24)25-8-13(22)21-5-3-9(4-6-21)16(20)23/h1-2,7,9H,3-6,8H2,(H2,20,23). The van der Waals surface area contributed by atoms with Crippen molar-refractivity contribution >= 4 is 50.8 Å². The molecule has 1 aromatic carbocycles. The first-order chi connectivity index (χ1) is 12.4. The Balaban J connectivity index is 1.60. The minimum absolute atomic E-state index is 0.132. The average molecular weight is 399 g/mol. The van der Waals surface area contributed by atoms with Crippen LogP contribution in [0.2, 0.25) is 5.02 Å². The van der Waals surface area contributed by atoms with Gasteiger partial charge in [0.15, 0.2) is 6.61 Å². The molecule has 1 aromatic heterocycles. The highest BCUT2D eigenvalue weighted by Gasteiger charge is 2.27. The monoisotopic (exact) mass is 398 g/mol. The number of fused-ring (bicyclic) bond motifs is 1. The summed E-state index contributed by atoms with van der Waals surface area (Å²) in [7, 11) is 0. The van der Waals surface area contributed by atoms with E-state index in [-0.39, 0.29) is 27.6 Å². The van der Waals surface area contributed by atoms with Crippen molar-refractivity contribution in [2.24, 2.45) is 11.7 Å². The number of carbonyl (C=O) groups is 3. The minimum atomic E-state index is -0.725. The van der Waals surface area contributed by atoms with Gasteiger partial charge in [-0.3, -0.25) is 9.59 Å². The Bertz CT molecular complexity index is 877. The number of ether oxygens (including phenoxy) is 1. The molecular weight excluding hydrogens is 383 g/mol. The first-order valence-corrected chi connectivity index (χ1v) is 9.18. The molecule has 26 heavy (non-hydrogen) atoms. The quantitative estimate of drug-likeness (QED) is 0.801. The zero-order chi connectivity index (χ0) is 18.8. The molecule has 0 aliphatic carbocycles. The summed E-state index contributed by atoms with van der Waals surface area (Å²) in [5, 5.41) is 0.745. The maximum Gasteiger partial charge on any atom is 0.350 e. The van der Waals surface area contributed by atoms with E-state index in [9.17, 15) is 18.8 Å². The van der Waals surface area contributed by atoms with Crippen LogP contribution in [0.1, 0.15) is 22.5 Å². The number of halogens is 2. The van der Waals surface area contributed by atoms with Crippen molar-refractivity contribution in [2.45, 2.75) is 12.8 Å². The van der Waals surface area contributed by atoms with E-state index in [2.05, 4.69) is 0 Å². The van der Waals surface area contributed by atoms with Gasteiger partial charge in [0.25, 0.3) is 5.91 Å². The zero-order valence-electron chi connectivity index (χ0n) is 13.7. The highest BCUT2D eigenvalue weighted by molar-refractivity contribution is 7.21. The number of nitrogens with two attached hydrogens (primary N) is 1. The van der Waals surface area contributed by atoms with E-state index in [1.54, 1.807) is 0 Å². The zero-order valence-corrected chi connectivity index (χ0v) is 15.2. The molecule has 9 heteroatoms. The maximum atomic E-state index is 13.3. The van der Waals surface area contributed by atoms with Crippen LogP contribution in [0.4, 0.5) is 4.39 Å². The second-order valence-electron chi connectivity index (χ2n) is 6.02. The summed E-state index contributed by atoms with van der Waals surface area (Å²) in [6.45, 7) is 0.374. The van der Waals surface area contributed by atoms with Gasteiger partial charge in [-0.05, 0) is 31.0 Å². The summed E-state index contributed by atoms with van der Waals surface area (Å²) in [5.41, 5.74) is 5.26. The first kappa shape index (κ1) is 18.6. The van der Waals surface area contributed by atoms with Crippen molar-refractivity contribution in [1.82, 2.24) is 4.90 Å². The lowest BCUT2D eigenvalue weighted by Gasteiger charge is -2.30. The van der Waals surface area contributed by atoms with Crippen LogP contribution >= 0.6 is 22.9 Å². The van der Waals surface area contributed by atoms with Crippen LogP contribution in [0.3, 0.4) is 0 Å². The molecule has 1 aliphatic heterocycles. The van der Waals surface area contributed by atoms with Crippen molar-refractivity contribution in [1.29, 1.82) is 0 Å². The Morgan fingerprint density at radius 3 is 2.65 bits per heavy atom. The van der Waals surface area contributed by atoms with Gasteiger partial charge in [0.05, 0.1) is 5.02 Å². The summed E-state index contributed by atoms with van der Waals surface area (Å²) >= 11 is 7.18. The molecule has 138 valence electrons. The lowest BCUT2D eigenvalue weighted by Crippen LogP contribution is -2.43. The fourth-order valence-electron chi connectivity index (χ4n) is 2.87. The second-order valence-corrected chi connectivity index (χ2v) is 7.45. The van der Waals surface area contributed by atoms with Crippen LogP contribution in [0.25, 0.3) is 10.1 Å². The first-order valence-electron chi connectivity index (χ1n) is 7.98. The van der Waals surface area contributed by atoms with Gasteiger partial charge in [-0.1, -0.05) is 11.6 Å². The van der Waals surface area contributed by atoms with Crippen LogP contribution in [-0.2, 0) is 14.3 Å². The van der Waals surface area contributed by atoms with Crippen molar-refractivity contribution in [3.8, 4) is 0 Å². The summed E-state index contributed by atoms with van der Waals surface area (Å²) in [6, 6.07) is 4.04. The maximum absolute atomic E-state index is 13.3. The van der Waals surface area contributed by atoms with Crippen LogP contribution in [0.15, 0.2) is 18.2 Å². The molecule has 2 amide bonds. The van der Waals surface area contributed by atoms with Gasteiger partial charge in [-0.2, -0.15) is 0 Å². The normalized spacial score (nSPS) is 15.2. The molecule has 0 unspecified atom stereocenters. The lowest BCUT2D eigenvalue weighted by atomic mass is 9.96. The molecule has 1 saturated heterocycles. The lowest BCUT2D eigenvalue weighted by molar-refractivity contribution is -0.137. The van der Waals surface area contributed by atoms with Crippen LogP contribution in [0.5, 0.6) is 0 Å². The molecule has 2 aromatic rings. The number of thiophene rings is 1. The summed E-state index contributed by atoms with van der Waals surface area (Å²) in [6.07, 6.45) is 1.01. The number of primary amides is 1. The van der Waals surface area contributed by atoms with E-state index in [1.807, 2.05) is 0 Å². The molecule has 1 fully saturated rings. The van der Waals surface area contributed by atoms with Gasteiger partial charge < -0.3 is 15.4 Å². The third-order valence-corrected chi connectivity index (χ3v) is 5.99. The average Bonchev–Trinajstić information content (AvgIpc) is 2.95. The van der Waals surface area contributed by atoms with Crippen molar-refractivity contribution in [3.05, 3.63) is 33.9 Å². The van der Waals surface area contributed by atoms with E-state index in [4.69, 9.17) is 22.1 Å². The molecule has 2 heterocycles. The molecule has 1 aliphatic rings. The molecule has 6 nitrogen and oxygen atoms in total. The van der Waals surface area contributed by atoms with Crippen molar-refractivity contribution in [3.63, 3.8) is 0 Å². The number of likely N-dealkylation sites (tertiary alicyclic amines) is 1. The Kier molecular flexibility index (Phi) is 5.43. The number of benzene rings is 1. The number of hydrogen-bond acceptors (Lipinski definition) is 5. The van der Waals surface area contributed by atoms with E-state index in [0.29, 0.717) is 36.0 Å². The van der Waals surface area contributed by atoms with Gasteiger partial charge in [0.2, 0.25) is 5.91 Å². The number of esters is 1. The number of amides is 2. The fraction of sp³-hybridized carbons (Fsp3) is 0.353. The Morgan fingerprint density at radius 1 is 1.31 bits per heavy atom. The Morgan fingerprint density at radius 2 is 2.00 bits per heavy atom. The predicted molar refractivity (Wildman–Crippen MR) is 95.6 cm³/mol. The van der Waals surface area contributed by atoms with Crippen LogP contribution in [0, 0.1) is 11.7 Å². The molecule has 0 radical (unpaired) electrons. The van der Waals surface area contributed by atoms with E-state index in [1.165, 1.54) is 23.1 Å². The van der Waals surface area contributed by atoms with Crippen molar-refractivity contribution in [2.75, 3.05) is 19.7 Å². The van der Waals surface area contributed by atoms with Gasteiger partial charge >= 0.3 is 5.97 Å². The summed E-state index contributed by atoms with van der Waals surface area (Å²) < 4.78 is 18.9. The highest BCUT2D eigenvalue weighted by atomic mass is 35.5. The molecule has 0 spiro atoms. The molecule has 0 saturated carbocycles. The highest BCUT2D eigenvalue weighted by Crippen LogP contribution is 2.36. The molecule has 0 bridgehead atoms. The topological polar surface area (TPSA) is 89.7 Å². The second kappa shape index (κ2) is 7.59. The molecule has 0 atom stereocenters. The number of rotatable bonds is 4. The largest absolute Gasteiger partial charge is 0.451 e. The third-order valence-electron chi connectivity index (χ3n) is 4.35. The summed E-state index contributed by atoms with van der Waals surface area (Å²) in [4.78, 5) is 37.2. The summed E-state index contributed by atoms with van der Waals surface area (Å²) in [5.74, 6) is -2.08. The number of hydrogen-bond donors (Lipinski definition) is 1. The van der Waals surface area contributed by atoms with Crippen LogP contribution in [-0.4, -0.2) is 42.4 Å². The molecule has 2 N–H and O–H groups in total. The SMILES string of the molecule is NC(=O)C1CCN(C(=O)COC(=O)c2sc3cc(F)ccc3c2Cl)CC1. The number of piperidine rings is 1. The smallest absolute Gasteiger partial charge is 0.350 e.